The zero-order valence-electron chi connectivity index (χ0n) is 14.0. The van der Waals surface area contributed by atoms with Crippen molar-refractivity contribution in [2.24, 2.45) is 4.99 Å². The maximum atomic E-state index is 6.00. The van der Waals surface area contributed by atoms with Gasteiger partial charge in [-0.25, -0.2) is 4.99 Å². The molecule has 0 atom stereocenters. The van der Waals surface area contributed by atoms with Crippen LogP contribution < -0.4 is 10.2 Å². The Bertz CT molecular complexity index is 696. The molecular weight excluding hydrogens is 322 g/mol. The molecule has 0 spiro atoms. The summed E-state index contributed by atoms with van der Waals surface area (Å²) >= 11 is 6.00. The predicted octanol–water partition coefficient (Wildman–Crippen LogP) is 4.55. The molecule has 0 aliphatic carbocycles. The van der Waals surface area contributed by atoms with Crippen molar-refractivity contribution in [2.45, 2.75) is 26.4 Å². The average molecular weight is 344 g/mol. The number of nitrogens with zero attached hydrogens (tertiary/aromatic N) is 2. The number of hydrogen-bond donors (Lipinski definition) is 1. The molecule has 0 bridgehead atoms. The van der Waals surface area contributed by atoms with E-state index in [0.717, 1.165) is 23.8 Å². The molecule has 1 aliphatic rings. The molecule has 2 aromatic rings. The van der Waals surface area contributed by atoms with Crippen LogP contribution in [0.25, 0.3) is 0 Å². The molecule has 3 rings (SSSR count). The first-order chi connectivity index (χ1) is 11.6. The summed E-state index contributed by atoms with van der Waals surface area (Å²) in [7, 11) is 0. The van der Waals surface area contributed by atoms with E-state index in [1.54, 1.807) is 0 Å². The number of rotatable bonds is 5. The second-order valence-corrected chi connectivity index (χ2v) is 6.49. The third-order valence-electron chi connectivity index (χ3n) is 3.93. The molecular formula is C19H22ClN3O. The molecule has 0 aromatic heterocycles. The van der Waals surface area contributed by atoms with Crippen LogP contribution in [0, 0.1) is 0 Å². The maximum Gasteiger partial charge on any atom is 0.289 e. The standard InChI is InChI=1S/C19H22ClN3O/c1-14(2)23(18-9-5-16(20)6-10-18)13-15-3-7-17(8-4-15)22-19-21-11-12-24-19/h3-10,14H,11-13H2,1-2H3,(H,21,22). The fraction of sp³-hybridized carbons (Fsp3) is 0.316. The molecule has 1 N–H and O–H groups in total. The summed E-state index contributed by atoms with van der Waals surface area (Å²) < 4.78 is 5.37. The number of benzene rings is 2. The Balaban J connectivity index is 1.69. The highest BCUT2D eigenvalue weighted by Gasteiger charge is 2.12. The summed E-state index contributed by atoms with van der Waals surface area (Å²) in [6, 6.07) is 17.4. The van der Waals surface area contributed by atoms with Gasteiger partial charge in [-0.05, 0) is 55.8 Å². The maximum absolute atomic E-state index is 6.00. The van der Waals surface area contributed by atoms with Gasteiger partial charge in [0, 0.05) is 29.0 Å². The highest BCUT2D eigenvalue weighted by Crippen LogP contribution is 2.23. The van der Waals surface area contributed by atoms with Crippen LogP contribution in [-0.2, 0) is 11.3 Å². The van der Waals surface area contributed by atoms with Gasteiger partial charge in [0.05, 0.1) is 6.54 Å². The van der Waals surface area contributed by atoms with Crippen LogP contribution in [0.5, 0.6) is 0 Å². The summed E-state index contributed by atoms with van der Waals surface area (Å²) in [5.74, 6) is 0. The van der Waals surface area contributed by atoms with Crippen LogP contribution >= 0.6 is 11.6 Å². The Hall–Kier alpha value is -2.20. The van der Waals surface area contributed by atoms with Crippen molar-refractivity contribution < 1.29 is 4.74 Å². The largest absolute Gasteiger partial charge is 0.463 e. The molecule has 4 nitrogen and oxygen atoms in total. The van der Waals surface area contributed by atoms with Crippen LogP contribution in [0.2, 0.25) is 5.02 Å². The van der Waals surface area contributed by atoms with Gasteiger partial charge in [0.1, 0.15) is 6.61 Å². The Labute approximate surface area is 148 Å². The first-order valence-corrected chi connectivity index (χ1v) is 8.55. The third kappa shape index (κ3) is 4.20. The SMILES string of the molecule is CC(C)N(Cc1ccc(NC2=NCCO2)cc1)c1ccc(Cl)cc1. The smallest absolute Gasteiger partial charge is 0.289 e. The van der Waals surface area contributed by atoms with E-state index in [9.17, 15) is 0 Å². The molecule has 1 heterocycles. The van der Waals surface area contributed by atoms with E-state index >= 15 is 0 Å². The fourth-order valence-electron chi connectivity index (χ4n) is 2.63. The van der Waals surface area contributed by atoms with Crippen molar-refractivity contribution in [2.75, 3.05) is 23.4 Å². The van der Waals surface area contributed by atoms with E-state index in [-0.39, 0.29) is 0 Å². The van der Waals surface area contributed by atoms with Crippen molar-refractivity contribution in [3.8, 4) is 0 Å². The lowest BCUT2D eigenvalue weighted by molar-refractivity contribution is 0.346. The van der Waals surface area contributed by atoms with Crippen molar-refractivity contribution in [1.29, 1.82) is 0 Å². The van der Waals surface area contributed by atoms with Gasteiger partial charge in [0.25, 0.3) is 6.02 Å². The van der Waals surface area contributed by atoms with E-state index in [1.807, 2.05) is 12.1 Å². The zero-order chi connectivity index (χ0) is 16.9. The number of anilines is 2. The lowest BCUT2D eigenvalue weighted by Gasteiger charge is -2.29. The number of aliphatic imine (C=N–C) groups is 1. The number of nitrogens with one attached hydrogen (secondary N) is 1. The van der Waals surface area contributed by atoms with Gasteiger partial charge < -0.3 is 15.0 Å². The van der Waals surface area contributed by atoms with E-state index in [2.05, 4.69) is 65.5 Å². The molecule has 1 aliphatic heterocycles. The van der Waals surface area contributed by atoms with Gasteiger partial charge in [-0.15, -0.1) is 0 Å². The monoisotopic (exact) mass is 343 g/mol. The Morgan fingerprint density at radius 1 is 1.12 bits per heavy atom. The minimum Gasteiger partial charge on any atom is -0.463 e. The second kappa shape index (κ2) is 7.58. The Kier molecular flexibility index (Phi) is 5.26. The van der Waals surface area contributed by atoms with Gasteiger partial charge in [-0.1, -0.05) is 23.7 Å². The van der Waals surface area contributed by atoms with Crippen LogP contribution in [0.3, 0.4) is 0 Å². The highest BCUT2D eigenvalue weighted by molar-refractivity contribution is 6.30. The van der Waals surface area contributed by atoms with Crippen LogP contribution in [0.15, 0.2) is 53.5 Å². The summed E-state index contributed by atoms with van der Waals surface area (Å²) in [6.07, 6.45) is 0. The minimum absolute atomic E-state index is 0.394. The summed E-state index contributed by atoms with van der Waals surface area (Å²) in [6.45, 7) is 6.62. The van der Waals surface area contributed by atoms with Gasteiger partial charge in [-0.2, -0.15) is 0 Å². The first-order valence-electron chi connectivity index (χ1n) is 8.17. The predicted molar refractivity (Wildman–Crippen MR) is 101 cm³/mol. The first kappa shape index (κ1) is 16.7. The summed E-state index contributed by atoms with van der Waals surface area (Å²) in [5, 5.41) is 3.94. The average Bonchev–Trinajstić information content (AvgIpc) is 3.08. The van der Waals surface area contributed by atoms with Gasteiger partial charge in [0.2, 0.25) is 0 Å². The molecule has 0 saturated carbocycles. The minimum atomic E-state index is 0.394. The highest BCUT2D eigenvalue weighted by atomic mass is 35.5. The molecule has 24 heavy (non-hydrogen) atoms. The van der Waals surface area contributed by atoms with Crippen molar-refractivity contribution >= 4 is 29.0 Å². The molecule has 0 radical (unpaired) electrons. The number of amidine groups is 1. The molecule has 0 saturated heterocycles. The Morgan fingerprint density at radius 3 is 2.42 bits per heavy atom. The summed E-state index contributed by atoms with van der Waals surface area (Å²) in [4.78, 5) is 6.59. The van der Waals surface area contributed by atoms with Crippen molar-refractivity contribution in [3.05, 3.63) is 59.1 Å². The lowest BCUT2D eigenvalue weighted by atomic mass is 10.1. The quantitative estimate of drug-likeness (QED) is 0.865. The van der Waals surface area contributed by atoms with E-state index in [0.29, 0.717) is 18.7 Å². The normalized spacial score (nSPS) is 13.6. The van der Waals surface area contributed by atoms with Gasteiger partial charge >= 0.3 is 0 Å². The van der Waals surface area contributed by atoms with Crippen LogP contribution in [0.4, 0.5) is 11.4 Å². The molecule has 0 fully saturated rings. The van der Waals surface area contributed by atoms with E-state index in [4.69, 9.17) is 16.3 Å². The number of hydrogen-bond acceptors (Lipinski definition) is 4. The van der Waals surface area contributed by atoms with Crippen molar-refractivity contribution in [1.82, 2.24) is 0 Å². The van der Waals surface area contributed by atoms with Crippen LogP contribution in [-0.4, -0.2) is 25.2 Å². The van der Waals surface area contributed by atoms with Gasteiger partial charge in [0.15, 0.2) is 0 Å². The Morgan fingerprint density at radius 2 is 1.83 bits per heavy atom. The zero-order valence-corrected chi connectivity index (χ0v) is 14.8. The van der Waals surface area contributed by atoms with E-state index < -0.39 is 0 Å². The van der Waals surface area contributed by atoms with E-state index in [1.165, 1.54) is 11.3 Å². The topological polar surface area (TPSA) is 36.9 Å². The second-order valence-electron chi connectivity index (χ2n) is 6.06. The molecule has 5 heteroatoms. The molecule has 0 unspecified atom stereocenters. The number of ether oxygens (including phenoxy) is 1. The van der Waals surface area contributed by atoms with Crippen LogP contribution in [0.1, 0.15) is 19.4 Å². The molecule has 126 valence electrons. The fourth-order valence-corrected chi connectivity index (χ4v) is 2.75. The third-order valence-corrected chi connectivity index (χ3v) is 4.18. The number of halogens is 1. The lowest BCUT2D eigenvalue weighted by Crippen LogP contribution is -2.30. The van der Waals surface area contributed by atoms with Gasteiger partial charge in [-0.3, -0.25) is 0 Å². The molecule has 0 amide bonds. The molecule has 2 aromatic carbocycles. The van der Waals surface area contributed by atoms with Crippen molar-refractivity contribution in [3.63, 3.8) is 0 Å². The summed E-state index contributed by atoms with van der Waals surface area (Å²) in [5.41, 5.74) is 3.41.